The van der Waals surface area contributed by atoms with Crippen LogP contribution in [0, 0.1) is 0 Å². The van der Waals surface area contributed by atoms with E-state index >= 15 is 0 Å². The third kappa shape index (κ3) is 2.25. The van der Waals surface area contributed by atoms with Crippen molar-refractivity contribution in [2.45, 2.75) is 6.54 Å². The molecule has 2 nitrogen and oxygen atoms in total. The predicted molar refractivity (Wildman–Crippen MR) is 58.7 cm³/mol. The molecule has 1 aromatic rings. The third-order valence-corrected chi connectivity index (χ3v) is 2.42. The van der Waals surface area contributed by atoms with E-state index in [1.807, 2.05) is 30.1 Å². The second-order valence-corrected chi connectivity index (χ2v) is 3.87. The van der Waals surface area contributed by atoms with Crippen LogP contribution in [0.2, 0.25) is 0 Å². The molecule has 0 aliphatic rings. The third-order valence-electron chi connectivity index (χ3n) is 1.62. The van der Waals surface area contributed by atoms with Gasteiger partial charge in [0.15, 0.2) is 0 Å². The molecule has 0 amide bonds. The summed E-state index contributed by atoms with van der Waals surface area (Å²) in [7, 11) is 0. The molecular formula is C8H12N2S2. The normalized spacial score (nSPS) is 10.1. The molecule has 0 fully saturated rings. The van der Waals surface area contributed by atoms with Crippen molar-refractivity contribution < 1.29 is 0 Å². The molecule has 12 heavy (non-hydrogen) atoms. The van der Waals surface area contributed by atoms with Gasteiger partial charge in [0.05, 0.1) is 5.69 Å². The van der Waals surface area contributed by atoms with Crippen LogP contribution in [0.4, 0.5) is 0 Å². The fraction of sp³-hybridized carbons (Fsp3) is 0.375. The molecule has 1 aromatic heterocycles. The number of hydrogen-bond donors (Lipinski definition) is 1. The van der Waals surface area contributed by atoms with E-state index in [9.17, 15) is 0 Å². The number of thioether (sulfide) groups is 1. The van der Waals surface area contributed by atoms with Crippen LogP contribution in [0.25, 0.3) is 0 Å². The van der Waals surface area contributed by atoms with Gasteiger partial charge in [-0.1, -0.05) is 12.2 Å². The Balaban J connectivity index is 2.70. The van der Waals surface area contributed by atoms with Gasteiger partial charge in [-0.05, 0) is 18.4 Å². The van der Waals surface area contributed by atoms with E-state index in [-0.39, 0.29) is 0 Å². The first kappa shape index (κ1) is 9.61. The second kappa shape index (κ2) is 4.52. The van der Waals surface area contributed by atoms with E-state index in [1.165, 1.54) is 0 Å². The molecule has 0 saturated heterocycles. The van der Waals surface area contributed by atoms with Crippen molar-refractivity contribution >= 4 is 29.0 Å². The molecule has 0 spiro atoms. The topological polar surface area (TPSA) is 30.9 Å². The van der Waals surface area contributed by atoms with Crippen LogP contribution in [0.1, 0.15) is 5.69 Å². The van der Waals surface area contributed by atoms with Crippen molar-refractivity contribution in [3.63, 3.8) is 0 Å². The van der Waals surface area contributed by atoms with Crippen molar-refractivity contribution in [1.82, 2.24) is 4.57 Å². The average Bonchev–Trinajstić information content (AvgIpc) is 2.48. The molecule has 0 aromatic carbocycles. The predicted octanol–water partition coefficient (Wildman–Crippen LogP) is 1.49. The lowest BCUT2D eigenvalue weighted by atomic mass is 10.4. The Kier molecular flexibility index (Phi) is 3.62. The number of aromatic nitrogens is 1. The van der Waals surface area contributed by atoms with Crippen molar-refractivity contribution in [1.29, 1.82) is 0 Å². The SMILES string of the molecule is CSCCn1cccc1C(N)=S. The van der Waals surface area contributed by atoms with Crippen LogP contribution < -0.4 is 5.73 Å². The molecule has 0 radical (unpaired) electrons. The Morgan fingerprint density at radius 2 is 2.50 bits per heavy atom. The van der Waals surface area contributed by atoms with E-state index in [0.717, 1.165) is 18.0 Å². The number of hydrogen-bond acceptors (Lipinski definition) is 2. The summed E-state index contributed by atoms with van der Waals surface area (Å²) in [5.74, 6) is 1.09. The Morgan fingerprint density at radius 1 is 1.75 bits per heavy atom. The maximum atomic E-state index is 5.53. The molecular weight excluding hydrogens is 188 g/mol. The summed E-state index contributed by atoms with van der Waals surface area (Å²) in [5, 5.41) is 0. The highest BCUT2D eigenvalue weighted by atomic mass is 32.2. The maximum Gasteiger partial charge on any atom is 0.120 e. The highest BCUT2D eigenvalue weighted by Crippen LogP contribution is 2.04. The molecule has 0 atom stereocenters. The zero-order valence-corrected chi connectivity index (χ0v) is 8.62. The largest absolute Gasteiger partial charge is 0.388 e. The number of thiocarbonyl (C=S) groups is 1. The molecule has 0 aliphatic heterocycles. The average molecular weight is 200 g/mol. The van der Waals surface area contributed by atoms with E-state index in [2.05, 4.69) is 10.8 Å². The smallest absolute Gasteiger partial charge is 0.120 e. The van der Waals surface area contributed by atoms with Crippen LogP contribution in [-0.2, 0) is 6.54 Å². The zero-order chi connectivity index (χ0) is 8.97. The molecule has 2 N–H and O–H groups in total. The van der Waals surface area contributed by atoms with Gasteiger partial charge in [0.1, 0.15) is 4.99 Å². The zero-order valence-electron chi connectivity index (χ0n) is 6.99. The van der Waals surface area contributed by atoms with Gasteiger partial charge in [-0.25, -0.2) is 0 Å². The summed E-state index contributed by atoms with van der Waals surface area (Å²) in [5.41, 5.74) is 6.49. The quantitative estimate of drug-likeness (QED) is 0.747. The number of aryl methyl sites for hydroxylation is 1. The summed E-state index contributed by atoms with van der Waals surface area (Å²) in [6, 6.07) is 3.91. The van der Waals surface area contributed by atoms with E-state index in [1.54, 1.807) is 0 Å². The van der Waals surface area contributed by atoms with E-state index in [4.69, 9.17) is 18.0 Å². The van der Waals surface area contributed by atoms with Crippen molar-refractivity contribution in [2.75, 3.05) is 12.0 Å². The highest BCUT2D eigenvalue weighted by Gasteiger charge is 2.01. The van der Waals surface area contributed by atoms with Crippen molar-refractivity contribution in [3.05, 3.63) is 24.0 Å². The molecule has 0 unspecified atom stereocenters. The lowest BCUT2D eigenvalue weighted by Crippen LogP contribution is -2.15. The summed E-state index contributed by atoms with van der Waals surface area (Å²) < 4.78 is 2.08. The Labute approximate surface area is 82.1 Å². The van der Waals surface area contributed by atoms with Crippen LogP contribution in [0.3, 0.4) is 0 Å². The molecule has 0 saturated carbocycles. The summed E-state index contributed by atoms with van der Waals surface area (Å²) in [6.45, 7) is 0.973. The standard InChI is InChI=1S/C8H12N2S2/c1-12-6-5-10-4-2-3-7(10)8(9)11/h2-4H,5-6H2,1H3,(H2,9,11). The summed E-state index contributed by atoms with van der Waals surface area (Å²) in [4.78, 5) is 0.473. The second-order valence-electron chi connectivity index (χ2n) is 2.44. The molecule has 1 rings (SSSR count). The Bertz CT molecular complexity index is 268. The van der Waals surface area contributed by atoms with Crippen molar-refractivity contribution in [3.8, 4) is 0 Å². The fourth-order valence-electron chi connectivity index (χ4n) is 1.02. The van der Waals surface area contributed by atoms with Crippen LogP contribution in [0.15, 0.2) is 18.3 Å². The van der Waals surface area contributed by atoms with Gasteiger partial charge in [-0.3, -0.25) is 0 Å². The van der Waals surface area contributed by atoms with Crippen LogP contribution in [-0.4, -0.2) is 21.6 Å². The minimum atomic E-state index is 0.473. The first-order valence-corrected chi connectivity index (χ1v) is 5.50. The molecule has 0 aliphatic carbocycles. The Hall–Kier alpha value is -0.480. The minimum Gasteiger partial charge on any atom is -0.388 e. The lowest BCUT2D eigenvalue weighted by molar-refractivity contribution is 0.772. The molecule has 4 heteroatoms. The van der Waals surface area contributed by atoms with Crippen molar-refractivity contribution in [2.24, 2.45) is 5.73 Å². The van der Waals surface area contributed by atoms with Gasteiger partial charge in [0, 0.05) is 18.5 Å². The van der Waals surface area contributed by atoms with Gasteiger partial charge >= 0.3 is 0 Å². The van der Waals surface area contributed by atoms with Gasteiger partial charge in [0.2, 0.25) is 0 Å². The number of rotatable bonds is 4. The van der Waals surface area contributed by atoms with E-state index in [0.29, 0.717) is 4.99 Å². The summed E-state index contributed by atoms with van der Waals surface area (Å²) >= 11 is 6.72. The number of nitrogens with zero attached hydrogens (tertiary/aromatic N) is 1. The monoisotopic (exact) mass is 200 g/mol. The minimum absolute atomic E-state index is 0.473. The molecule has 66 valence electrons. The first-order chi connectivity index (χ1) is 5.75. The fourth-order valence-corrected chi connectivity index (χ4v) is 1.59. The van der Waals surface area contributed by atoms with Gasteiger partial charge in [0.25, 0.3) is 0 Å². The van der Waals surface area contributed by atoms with E-state index < -0.39 is 0 Å². The molecule has 0 bridgehead atoms. The Morgan fingerprint density at radius 3 is 3.08 bits per heavy atom. The summed E-state index contributed by atoms with van der Waals surface area (Å²) in [6.07, 6.45) is 4.09. The van der Waals surface area contributed by atoms with Crippen LogP contribution >= 0.6 is 24.0 Å². The van der Waals surface area contributed by atoms with Gasteiger partial charge < -0.3 is 10.3 Å². The number of nitrogens with two attached hydrogens (primary N) is 1. The maximum absolute atomic E-state index is 5.53. The van der Waals surface area contributed by atoms with Gasteiger partial charge in [-0.15, -0.1) is 0 Å². The first-order valence-electron chi connectivity index (χ1n) is 3.69. The molecule has 1 heterocycles. The van der Waals surface area contributed by atoms with Crippen LogP contribution in [0.5, 0.6) is 0 Å². The lowest BCUT2D eigenvalue weighted by Gasteiger charge is -2.05. The highest BCUT2D eigenvalue weighted by molar-refractivity contribution is 7.98. The van der Waals surface area contributed by atoms with Gasteiger partial charge in [-0.2, -0.15) is 11.8 Å².